The Bertz CT molecular complexity index is 444. The van der Waals surface area contributed by atoms with Crippen LogP contribution in [-0.4, -0.2) is 24.1 Å². The van der Waals surface area contributed by atoms with Crippen LogP contribution in [0.2, 0.25) is 5.02 Å². The quantitative estimate of drug-likeness (QED) is 0.763. The summed E-state index contributed by atoms with van der Waals surface area (Å²) in [5.41, 5.74) is 6.00. The van der Waals surface area contributed by atoms with Crippen LogP contribution in [0.1, 0.15) is 23.2 Å². The summed E-state index contributed by atoms with van der Waals surface area (Å²) in [5, 5.41) is 12.5. The zero-order valence-corrected chi connectivity index (χ0v) is 10.1. The Morgan fingerprint density at radius 2 is 2.24 bits per heavy atom. The van der Waals surface area contributed by atoms with Gasteiger partial charge >= 0.3 is 0 Å². The van der Waals surface area contributed by atoms with E-state index in [1.165, 1.54) is 18.2 Å². The third-order valence-electron chi connectivity index (χ3n) is 3.21. The van der Waals surface area contributed by atoms with Gasteiger partial charge in [0.2, 0.25) is 0 Å². The molecule has 0 atom stereocenters. The van der Waals surface area contributed by atoms with E-state index >= 15 is 0 Å². The number of hydrogen-bond donors (Lipinski definition) is 3. The van der Waals surface area contributed by atoms with Crippen LogP contribution >= 0.6 is 11.6 Å². The van der Waals surface area contributed by atoms with Crippen molar-refractivity contribution >= 4 is 17.5 Å². The lowest BCUT2D eigenvalue weighted by molar-refractivity contribution is 0.0945. The molecule has 0 spiro atoms. The summed E-state index contributed by atoms with van der Waals surface area (Å²) < 4.78 is 0. The Morgan fingerprint density at radius 1 is 1.53 bits per heavy atom. The molecule has 2 rings (SSSR count). The first-order chi connectivity index (χ1) is 8.06. The van der Waals surface area contributed by atoms with Crippen LogP contribution in [0.4, 0.5) is 0 Å². The van der Waals surface area contributed by atoms with Crippen molar-refractivity contribution in [3.05, 3.63) is 28.8 Å². The van der Waals surface area contributed by atoms with Crippen molar-refractivity contribution in [1.82, 2.24) is 5.32 Å². The topological polar surface area (TPSA) is 75.3 Å². The van der Waals surface area contributed by atoms with Crippen molar-refractivity contribution in [2.24, 2.45) is 11.1 Å². The molecule has 1 aliphatic rings. The van der Waals surface area contributed by atoms with Crippen LogP contribution in [0.25, 0.3) is 0 Å². The van der Waals surface area contributed by atoms with Crippen LogP contribution < -0.4 is 11.1 Å². The highest BCUT2D eigenvalue weighted by Crippen LogP contribution is 2.43. The van der Waals surface area contributed by atoms with Gasteiger partial charge in [-0.15, -0.1) is 0 Å². The highest BCUT2D eigenvalue weighted by Gasteiger charge is 2.41. The van der Waals surface area contributed by atoms with Gasteiger partial charge in [-0.25, -0.2) is 0 Å². The lowest BCUT2D eigenvalue weighted by Crippen LogP contribution is -2.34. The summed E-state index contributed by atoms with van der Waals surface area (Å²) in [6.45, 7) is 1.15. The fraction of sp³-hybridized carbons (Fsp3) is 0.417. The van der Waals surface area contributed by atoms with Gasteiger partial charge in [0.15, 0.2) is 0 Å². The molecular weight excluding hydrogens is 240 g/mol. The first kappa shape index (κ1) is 12.2. The third kappa shape index (κ3) is 2.70. The van der Waals surface area contributed by atoms with Crippen LogP contribution in [0.15, 0.2) is 18.2 Å². The van der Waals surface area contributed by atoms with E-state index < -0.39 is 0 Å². The molecule has 0 bridgehead atoms. The molecule has 1 aromatic rings. The molecule has 1 fully saturated rings. The maximum absolute atomic E-state index is 11.9. The van der Waals surface area contributed by atoms with E-state index in [4.69, 9.17) is 17.3 Å². The molecule has 1 saturated carbocycles. The Balaban J connectivity index is 2.02. The number of carbonyl (C=O) groups excluding carboxylic acids is 1. The molecule has 5 heteroatoms. The van der Waals surface area contributed by atoms with Crippen molar-refractivity contribution in [3.8, 4) is 5.75 Å². The van der Waals surface area contributed by atoms with Gasteiger partial charge in [0.25, 0.3) is 5.91 Å². The van der Waals surface area contributed by atoms with E-state index in [-0.39, 0.29) is 17.1 Å². The molecule has 0 aliphatic heterocycles. The summed E-state index contributed by atoms with van der Waals surface area (Å²) in [4.78, 5) is 11.9. The van der Waals surface area contributed by atoms with E-state index in [0.29, 0.717) is 23.7 Å². The number of aromatic hydroxyl groups is 1. The van der Waals surface area contributed by atoms with E-state index in [2.05, 4.69) is 5.32 Å². The minimum atomic E-state index is -0.273. The van der Waals surface area contributed by atoms with E-state index in [0.717, 1.165) is 12.8 Å². The first-order valence-electron chi connectivity index (χ1n) is 5.53. The maximum atomic E-state index is 11.9. The lowest BCUT2D eigenvalue weighted by Gasteiger charge is -2.13. The molecule has 4 nitrogen and oxygen atoms in total. The van der Waals surface area contributed by atoms with Crippen LogP contribution in [0.3, 0.4) is 0 Å². The van der Waals surface area contributed by atoms with Crippen molar-refractivity contribution in [2.75, 3.05) is 13.1 Å². The molecule has 1 amide bonds. The summed E-state index contributed by atoms with van der Waals surface area (Å²) in [5.74, 6) is -0.245. The van der Waals surface area contributed by atoms with Crippen molar-refractivity contribution in [1.29, 1.82) is 0 Å². The number of phenolic OH excluding ortho intramolecular Hbond substituents is 1. The summed E-state index contributed by atoms with van der Waals surface area (Å²) >= 11 is 5.89. The minimum Gasteiger partial charge on any atom is -0.508 e. The second-order valence-electron chi connectivity index (χ2n) is 4.55. The molecule has 0 heterocycles. The third-order valence-corrected chi connectivity index (χ3v) is 3.54. The van der Waals surface area contributed by atoms with Crippen LogP contribution in [0, 0.1) is 5.41 Å². The van der Waals surface area contributed by atoms with Crippen molar-refractivity contribution in [3.63, 3.8) is 0 Å². The average molecular weight is 255 g/mol. The van der Waals surface area contributed by atoms with Crippen LogP contribution in [-0.2, 0) is 0 Å². The van der Waals surface area contributed by atoms with Gasteiger partial charge in [-0.05, 0) is 37.6 Å². The summed E-state index contributed by atoms with van der Waals surface area (Å²) in [6.07, 6.45) is 2.11. The highest BCUT2D eigenvalue weighted by molar-refractivity contribution is 6.33. The van der Waals surface area contributed by atoms with E-state index in [9.17, 15) is 9.90 Å². The number of benzene rings is 1. The largest absolute Gasteiger partial charge is 0.508 e. The van der Waals surface area contributed by atoms with E-state index in [1.807, 2.05) is 0 Å². The Kier molecular flexibility index (Phi) is 3.26. The number of nitrogens with one attached hydrogen (secondary N) is 1. The molecular formula is C12H15ClN2O2. The summed E-state index contributed by atoms with van der Waals surface area (Å²) in [6, 6.07) is 4.31. The second kappa shape index (κ2) is 4.55. The fourth-order valence-corrected chi connectivity index (χ4v) is 1.88. The lowest BCUT2D eigenvalue weighted by atomic mass is 10.1. The number of hydrogen-bond acceptors (Lipinski definition) is 3. The highest BCUT2D eigenvalue weighted by atomic mass is 35.5. The predicted octanol–water partition coefficient (Wildman–Crippen LogP) is 1.51. The Morgan fingerprint density at radius 3 is 2.82 bits per heavy atom. The number of carbonyl (C=O) groups is 1. The molecule has 0 radical (unpaired) electrons. The number of phenols is 1. The summed E-state index contributed by atoms with van der Waals surface area (Å²) in [7, 11) is 0. The van der Waals surface area contributed by atoms with Gasteiger partial charge in [0, 0.05) is 12.0 Å². The molecule has 92 valence electrons. The van der Waals surface area contributed by atoms with Gasteiger partial charge in [-0.2, -0.15) is 0 Å². The first-order valence-corrected chi connectivity index (χ1v) is 5.91. The van der Waals surface area contributed by atoms with Gasteiger partial charge in [0.05, 0.1) is 10.6 Å². The second-order valence-corrected chi connectivity index (χ2v) is 4.96. The standard InChI is InChI=1S/C12H15ClN2O2/c13-10-2-1-8(16)5-9(10)11(17)15-7-12(6-14)3-4-12/h1-2,5,16H,3-4,6-7,14H2,(H,15,17). The van der Waals surface area contributed by atoms with Gasteiger partial charge in [0.1, 0.15) is 5.75 Å². The molecule has 0 aromatic heterocycles. The Hall–Kier alpha value is -1.26. The number of rotatable bonds is 4. The molecule has 17 heavy (non-hydrogen) atoms. The predicted molar refractivity (Wildman–Crippen MR) is 66.2 cm³/mol. The SMILES string of the molecule is NCC1(CNC(=O)c2cc(O)ccc2Cl)CC1. The van der Waals surface area contributed by atoms with Gasteiger partial charge in [-0.3, -0.25) is 4.79 Å². The van der Waals surface area contributed by atoms with Crippen LogP contribution in [0.5, 0.6) is 5.75 Å². The average Bonchev–Trinajstić information content (AvgIpc) is 3.10. The number of halogens is 1. The van der Waals surface area contributed by atoms with Crippen molar-refractivity contribution < 1.29 is 9.90 Å². The number of nitrogens with two attached hydrogens (primary N) is 1. The minimum absolute atomic E-state index is 0.0273. The molecule has 0 unspecified atom stereocenters. The molecule has 1 aliphatic carbocycles. The molecule has 1 aromatic carbocycles. The normalized spacial score (nSPS) is 16.6. The number of amides is 1. The smallest absolute Gasteiger partial charge is 0.252 e. The zero-order valence-electron chi connectivity index (χ0n) is 9.37. The molecule has 4 N–H and O–H groups in total. The fourth-order valence-electron chi connectivity index (χ4n) is 1.68. The zero-order chi connectivity index (χ0) is 12.5. The van der Waals surface area contributed by atoms with Gasteiger partial charge < -0.3 is 16.2 Å². The maximum Gasteiger partial charge on any atom is 0.252 e. The molecule has 0 saturated heterocycles. The van der Waals surface area contributed by atoms with Gasteiger partial charge in [-0.1, -0.05) is 11.6 Å². The Labute approximate surface area is 105 Å². The monoisotopic (exact) mass is 254 g/mol. The van der Waals surface area contributed by atoms with Crippen molar-refractivity contribution in [2.45, 2.75) is 12.8 Å². The van der Waals surface area contributed by atoms with E-state index in [1.54, 1.807) is 0 Å².